The fraction of sp³-hybridized carbons (Fsp3) is 0.450. The number of likely N-dealkylation sites (tertiary alicyclic amines) is 1. The van der Waals surface area contributed by atoms with Crippen molar-refractivity contribution in [1.82, 2.24) is 25.0 Å². The number of aryl methyl sites for hydroxylation is 1. The predicted octanol–water partition coefficient (Wildman–Crippen LogP) is 1.82. The van der Waals surface area contributed by atoms with Crippen LogP contribution in [0.1, 0.15) is 47.3 Å². The number of rotatable bonds is 5. The van der Waals surface area contributed by atoms with Crippen LogP contribution in [-0.2, 0) is 23.2 Å². The van der Waals surface area contributed by atoms with E-state index in [0.717, 1.165) is 5.56 Å². The first-order valence-electron chi connectivity index (χ1n) is 9.90. The number of piperidine rings is 1. The molecule has 2 aliphatic heterocycles. The topological polar surface area (TPSA) is 102 Å². The van der Waals surface area contributed by atoms with Gasteiger partial charge >= 0.3 is 0 Å². The highest BCUT2D eigenvalue weighted by Gasteiger charge is 2.46. The zero-order valence-corrected chi connectivity index (χ0v) is 16.9. The molecule has 2 aromatic rings. The average Bonchev–Trinajstić information content (AvgIpc) is 3.36. The largest absolute Gasteiger partial charge is 0.386 e. The molecule has 0 saturated carbocycles. The fourth-order valence-corrected chi connectivity index (χ4v) is 3.92. The fourth-order valence-electron chi connectivity index (χ4n) is 3.92. The first-order valence-corrected chi connectivity index (χ1v) is 9.90. The zero-order valence-electron chi connectivity index (χ0n) is 16.9. The number of alkyl halides is 2. The number of halogens is 2. The zero-order chi connectivity index (χ0) is 22.0. The Kier molecular flexibility index (Phi) is 5.66. The van der Waals surface area contributed by atoms with Gasteiger partial charge in [-0.2, -0.15) is 5.10 Å². The summed E-state index contributed by atoms with van der Waals surface area (Å²) in [4.78, 5) is 36.5. The standard InChI is InChI=1S/C20H22F2N6O3/c1-27-11-14(16(25-27)17(21)22)19(30)28-7-3-5-20(12-28)8-15(26-31-20)18(29)24-10-13-4-2-6-23-9-13/h2,4,6,9,11,17H,3,5,7-8,10,12H2,1H3,(H,24,29)/t20-/m0/s1. The van der Waals surface area contributed by atoms with Crippen molar-refractivity contribution in [1.29, 1.82) is 0 Å². The number of nitrogens with one attached hydrogen (secondary N) is 1. The van der Waals surface area contributed by atoms with Gasteiger partial charge in [0.25, 0.3) is 18.2 Å². The van der Waals surface area contributed by atoms with Crippen molar-refractivity contribution in [3.63, 3.8) is 0 Å². The van der Waals surface area contributed by atoms with E-state index >= 15 is 0 Å². The molecule has 2 aliphatic rings. The summed E-state index contributed by atoms with van der Waals surface area (Å²) >= 11 is 0. The highest BCUT2D eigenvalue weighted by atomic mass is 19.3. The van der Waals surface area contributed by atoms with E-state index < -0.39 is 23.6 Å². The van der Waals surface area contributed by atoms with E-state index in [9.17, 15) is 18.4 Å². The van der Waals surface area contributed by atoms with E-state index in [0.29, 0.717) is 25.9 Å². The third-order valence-corrected chi connectivity index (χ3v) is 5.40. The molecule has 4 heterocycles. The molecule has 31 heavy (non-hydrogen) atoms. The molecule has 164 valence electrons. The maximum atomic E-state index is 13.3. The smallest absolute Gasteiger partial charge is 0.282 e. The first kappa shape index (κ1) is 20.9. The van der Waals surface area contributed by atoms with Crippen LogP contribution in [0.3, 0.4) is 0 Å². The molecule has 4 rings (SSSR count). The normalized spacial score (nSPS) is 20.6. The molecule has 1 saturated heterocycles. The van der Waals surface area contributed by atoms with Crippen LogP contribution in [-0.4, -0.2) is 55.9 Å². The van der Waals surface area contributed by atoms with Crippen molar-refractivity contribution in [2.75, 3.05) is 13.1 Å². The van der Waals surface area contributed by atoms with Crippen LogP contribution in [0.15, 0.2) is 35.9 Å². The molecule has 9 nitrogen and oxygen atoms in total. The van der Waals surface area contributed by atoms with E-state index in [4.69, 9.17) is 4.84 Å². The lowest BCUT2D eigenvalue weighted by molar-refractivity contribution is -0.115. The number of carbonyl (C=O) groups is 2. The summed E-state index contributed by atoms with van der Waals surface area (Å²) in [5.74, 6) is -0.878. The summed E-state index contributed by atoms with van der Waals surface area (Å²) in [6.45, 7) is 0.872. The van der Waals surface area contributed by atoms with Crippen molar-refractivity contribution >= 4 is 17.5 Å². The minimum Gasteiger partial charge on any atom is -0.386 e. The van der Waals surface area contributed by atoms with E-state index in [1.807, 2.05) is 6.07 Å². The molecule has 1 fully saturated rings. The van der Waals surface area contributed by atoms with Crippen molar-refractivity contribution in [3.8, 4) is 0 Å². The molecular formula is C20H22F2N6O3. The highest BCUT2D eigenvalue weighted by molar-refractivity contribution is 6.39. The summed E-state index contributed by atoms with van der Waals surface area (Å²) in [6, 6.07) is 3.63. The Morgan fingerprint density at radius 2 is 2.23 bits per heavy atom. The average molecular weight is 432 g/mol. The van der Waals surface area contributed by atoms with E-state index in [1.165, 1.54) is 22.8 Å². The summed E-state index contributed by atoms with van der Waals surface area (Å²) in [5.41, 5.74) is -0.394. The molecule has 0 radical (unpaired) electrons. The second kappa shape index (κ2) is 8.40. The lowest BCUT2D eigenvalue weighted by Gasteiger charge is -2.38. The van der Waals surface area contributed by atoms with Crippen LogP contribution in [0.25, 0.3) is 0 Å². The number of nitrogens with zero attached hydrogens (tertiary/aromatic N) is 5. The first-order chi connectivity index (χ1) is 14.9. The number of hydrogen-bond acceptors (Lipinski definition) is 6. The van der Waals surface area contributed by atoms with Gasteiger partial charge < -0.3 is 15.1 Å². The van der Waals surface area contributed by atoms with Crippen LogP contribution >= 0.6 is 0 Å². The van der Waals surface area contributed by atoms with Gasteiger partial charge in [-0.15, -0.1) is 0 Å². The minimum atomic E-state index is -2.85. The Bertz CT molecular complexity index is 1010. The van der Waals surface area contributed by atoms with E-state index in [1.54, 1.807) is 18.5 Å². The molecule has 0 bridgehead atoms. The van der Waals surface area contributed by atoms with Crippen molar-refractivity contribution in [3.05, 3.63) is 47.5 Å². The molecule has 0 unspecified atom stereocenters. The molecular weight excluding hydrogens is 410 g/mol. The summed E-state index contributed by atoms with van der Waals surface area (Å²) in [6.07, 6.45) is 3.21. The maximum absolute atomic E-state index is 13.3. The maximum Gasteiger partial charge on any atom is 0.282 e. The molecule has 2 aromatic heterocycles. The van der Waals surface area contributed by atoms with Gasteiger partial charge in [0.2, 0.25) is 0 Å². The van der Waals surface area contributed by atoms with Crippen molar-refractivity contribution in [2.45, 2.75) is 37.8 Å². The second-order valence-corrected chi connectivity index (χ2v) is 7.77. The van der Waals surface area contributed by atoms with Crippen LogP contribution in [0, 0.1) is 0 Å². The van der Waals surface area contributed by atoms with Gasteiger partial charge in [-0.05, 0) is 24.5 Å². The molecule has 2 amide bonds. The number of hydrogen-bond donors (Lipinski definition) is 1. The molecule has 1 atom stereocenters. The van der Waals surface area contributed by atoms with E-state index in [-0.39, 0.29) is 30.1 Å². The summed E-state index contributed by atoms with van der Waals surface area (Å²) < 4.78 is 27.7. The Morgan fingerprint density at radius 1 is 1.39 bits per heavy atom. The summed E-state index contributed by atoms with van der Waals surface area (Å²) in [5, 5.41) is 10.4. The Morgan fingerprint density at radius 3 is 2.97 bits per heavy atom. The number of aromatic nitrogens is 3. The highest BCUT2D eigenvalue weighted by Crippen LogP contribution is 2.34. The number of carbonyl (C=O) groups excluding carboxylic acids is 2. The molecule has 11 heteroatoms. The second-order valence-electron chi connectivity index (χ2n) is 7.77. The van der Waals surface area contributed by atoms with Gasteiger partial charge in [-0.3, -0.25) is 19.3 Å². The lowest BCUT2D eigenvalue weighted by atomic mass is 9.87. The third-order valence-electron chi connectivity index (χ3n) is 5.40. The number of pyridine rings is 1. The predicted molar refractivity (Wildman–Crippen MR) is 105 cm³/mol. The van der Waals surface area contributed by atoms with Gasteiger partial charge in [-0.25, -0.2) is 8.78 Å². The molecule has 1 N–H and O–H groups in total. The van der Waals surface area contributed by atoms with Crippen LogP contribution < -0.4 is 5.32 Å². The Hall–Kier alpha value is -3.37. The van der Waals surface area contributed by atoms with Gasteiger partial charge in [-0.1, -0.05) is 11.2 Å². The number of oxime groups is 1. The molecule has 1 spiro atoms. The van der Waals surface area contributed by atoms with Gasteiger partial charge in [0.15, 0.2) is 5.60 Å². The monoisotopic (exact) mass is 432 g/mol. The Balaban J connectivity index is 1.40. The van der Waals surface area contributed by atoms with Gasteiger partial charge in [0.05, 0.1) is 12.1 Å². The van der Waals surface area contributed by atoms with Crippen LogP contribution in [0.2, 0.25) is 0 Å². The lowest BCUT2D eigenvalue weighted by Crippen LogP contribution is -2.51. The number of amides is 2. The van der Waals surface area contributed by atoms with Gasteiger partial charge in [0, 0.05) is 45.1 Å². The molecule has 0 aliphatic carbocycles. The van der Waals surface area contributed by atoms with E-state index in [2.05, 4.69) is 20.6 Å². The van der Waals surface area contributed by atoms with Crippen LogP contribution in [0.5, 0.6) is 0 Å². The van der Waals surface area contributed by atoms with Gasteiger partial charge in [0.1, 0.15) is 11.4 Å². The SMILES string of the molecule is Cn1cc(C(=O)N2CCC[C@]3(CC(C(=O)NCc4cccnc4)=NO3)C2)c(C(F)F)n1. The minimum absolute atomic E-state index is 0.122. The Labute approximate surface area is 177 Å². The van der Waals surface area contributed by atoms with Crippen molar-refractivity contribution < 1.29 is 23.2 Å². The summed E-state index contributed by atoms with van der Waals surface area (Å²) in [7, 11) is 1.49. The third kappa shape index (κ3) is 4.39. The molecule has 0 aromatic carbocycles. The van der Waals surface area contributed by atoms with Crippen LogP contribution in [0.4, 0.5) is 8.78 Å². The quantitative estimate of drug-likeness (QED) is 0.777. The van der Waals surface area contributed by atoms with Crippen molar-refractivity contribution in [2.24, 2.45) is 12.2 Å².